The predicted octanol–water partition coefficient (Wildman–Crippen LogP) is 2.85. The van der Waals surface area contributed by atoms with Gasteiger partial charge in [0.1, 0.15) is 5.78 Å². The van der Waals surface area contributed by atoms with Gasteiger partial charge in [0.25, 0.3) is 0 Å². The molecule has 0 aliphatic carbocycles. The number of allylic oxidation sites excluding steroid dienone is 2. The maximum atomic E-state index is 10.6. The molecule has 0 unspecified atom stereocenters. The molecule has 0 amide bonds. The Balaban J connectivity index is 3.15. The third kappa shape index (κ3) is 11.4. The molecule has 0 rings (SSSR count). The maximum Gasteiger partial charge on any atom is 0.130 e. The van der Waals surface area contributed by atoms with Crippen LogP contribution in [-0.4, -0.2) is 17.0 Å². The third-order valence-corrected chi connectivity index (χ3v) is 2.07. The van der Waals surface area contributed by atoms with Gasteiger partial charge in [0, 0.05) is 6.42 Å². The molecule has 0 aliphatic rings. The van der Waals surface area contributed by atoms with Crippen molar-refractivity contribution in [2.75, 3.05) is 0 Å². The number of Topliss-reactive ketones (excluding diaryl/α,β-unsaturated/α-hetero) is 1. The highest BCUT2D eigenvalue weighted by atomic mass is 16.3. The standard InChI is InChI=1S/C12H22O2/c1-11(13)9-7-5-3-4-6-8-10-12(2)14/h3,5,12,14H,4,6-10H2,1-2H3/t12-/m0/s1. The summed E-state index contributed by atoms with van der Waals surface area (Å²) in [5.74, 6) is 0.253. The summed E-state index contributed by atoms with van der Waals surface area (Å²) in [4.78, 5) is 10.6. The van der Waals surface area contributed by atoms with Gasteiger partial charge in [-0.05, 0) is 39.5 Å². The highest BCUT2D eigenvalue weighted by molar-refractivity contribution is 5.75. The second kappa shape index (κ2) is 8.95. The van der Waals surface area contributed by atoms with E-state index in [9.17, 15) is 4.79 Å². The van der Waals surface area contributed by atoms with Gasteiger partial charge in [-0.15, -0.1) is 0 Å². The molecular weight excluding hydrogens is 176 g/mol. The predicted molar refractivity (Wildman–Crippen MR) is 59.2 cm³/mol. The van der Waals surface area contributed by atoms with Gasteiger partial charge in [-0.3, -0.25) is 0 Å². The zero-order valence-corrected chi connectivity index (χ0v) is 9.33. The minimum atomic E-state index is -0.170. The minimum absolute atomic E-state index is 0.170. The van der Waals surface area contributed by atoms with Crippen molar-refractivity contribution in [2.45, 2.75) is 58.5 Å². The van der Waals surface area contributed by atoms with Gasteiger partial charge in [-0.1, -0.05) is 18.6 Å². The van der Waals surface area contributed by atoms with Crippen LogP contribution in [0.25, 0.3) is 0 Å². The molecule has 1 atom stereocenters. The van der Waals surface area contributed by atoms with E-state index >= 15 is 0 Å². The lowest BCUT2D eigenvalue weighted by molar-refractivity contribution is -0.116. The molecule has 14 heavy (non-hydrogen) atoms. The first-order valence-corrected chi connectivity index (χ1v) is 5.45. The lowest BCUT2D eigenvalue weighted by Gasteiger charge is -2.01. The van der Waals surface area contributed by atoms with E-state index < -0.39 is 0 Å². The van der Waals surface area contributed by atoms with Crippen molar-refractivity contribution in [3.05, 3.63) is 12.2 Å². The number of carbonyl (C=O) groups excluding carboxylic acids is 1. The van der Waals surface area contributed by atoms with Gasteiger partial charge < -0.3 is 9.90 Å². The molecule has 0 aromatic carbocycles. The lowest BCUT2D eigenvalue weighted by atomic mass is 10.1. The highest BCUT2D eigenvalue weighted by Gasteiger charge is 1.93. The van der Waals surface area contributed by atoms with Crippen molar-refractivity contribution in [3.8, 4) is 0 Å². The molecule has 0 fully saturated rings. The van der Waals surface area contributed by atoms with Gasteiger partial charge in [0.2, 0.25) is 0 Å². The van der Waals surface area contributed by atoms with E-state index in [-0.39, 0.29) is 11.9 Å². The first-order chi connectivity index (χ1) is 6.63. The Labute approximate surface area is 87.0 Å². The van der Waals surface area contributed by atoms with E-state index in [0.29, 0.717) is 6.42 Å². The van der Waals surface area contributed by atoms with Crippen LogP contribution in [0, 0.1) is 0 Å². The molecule has 1 N–H and O–H groups in total. The van der Waals surface area contributed by atoms with Crippen LogP contribution >= 0.6 is 0 Å². The second-order valence-electron chi connectivity index (χ2n) is 3.85. The zero-order valence-electron chi connectivity index (χ0n) is 9.33. The molecule has 0 bridgehead atoms. The van der Waals surface area contributed by atoms with Gasteiger partial charge in [-0.25, -0.2) is 0 Å². The summed E-state index contributed by atoms with van der Waals surface area (Å²) in [6, 6.07) is 0. The van der Waals surface area contributed by atoms with Crippen LogP contribution in [0.2, 0.25) is 0 Å². The van der Waals surface area contributed by atoms with Crippen molar-refractivity contribution in [3.63, 3.8) is 0 Å². The highest BCUT2D eigenvalue weighted by Crippen LogP contribution is 2.04. The van der Waals surface area contributed by atoms with Crippen LogP contribution in [0.3, 0.4) is 0 Å². The Bertz CT molecular complexity index is 171. The van der Waals surface area contributed by atoms with Crippen molar-refractivity contribution in [2.24, 2.45) is 0 Å². The Hall–Kier alpha value is -0.630. The number of rotatable bonds is 8. The molecule has 0 aromatic heterocycles. The average Bonchev–Trinajstić information content (AvgIpc) is 2.08. The normalized spacial score (nSPS) is 13.4. The molecule has 0 aliphatic heterocycles. The molecule has 82 valence electrons. The fourth-order valence-electron chi connectivity index (χ4n) is 1.22. The number of aliphatic hydroxyl groups excluding tert-OH is 1. The van der Waals surface area contributed by atoms with Crippen LogP contribution in [0.4, 0.5) is 0 Å². The van der Waals surface area contributed by atoms with Gasteiger partial charge in [0.15, 0.2) is 0 Å². The van der Waals surface area contributed by atoms with Crippen molar-refractivity contribution in [1.29, 1.82) is 0 Å². The van der Waals surface area contributed by atoms with Gasteiger partial charge in [0.05, 0.1) is 6.10 Å². The number of hydrogen-bond acceptors (Lipinski definition) is 2. The zero-order chi connectivity index (χ0) is 10.8. The summed E-state index contributed by atoms with van der Waals surface area (Å²) in [5.41, 5.74) is 0. The Morgan fingerprint density at radius 2 is 1.93 bits per heavy atom. The van der Waals surface area contributed by atoms with E-state index in [0.717, 1.165) is 32.1 Å². The number of carbonyl (C=O) groups is 1. The van der Waals surface area contributed by atoms with E-state index in [1.54, 1.807) is 6.92 Å². The molecule has 0 saturated heterocycles. The molecule has 0 heterocycles. The van der Waals surface area contributed by atoms with E-state index in [2.05, 4.69) is 12.2 Å². The first-order valence-electron chi connectivity index (χ1n) is 5.45. The summed E-state index contributed by atoms with van der Waals surface area (Å²) in [5, 5.41) is 9.00. The minimum Gasteiger partial charge on any atom is -0.393 e. The summed E-state index contributed by atoms with van der Waals surface area (Å²) in [7, 11) is 0. The number of ketones is 1. The molecule has 0 saturated carbocycles. The summed E-state index contributed by atoms with van der Waals surface area (Å²) in [6.07, 6.45) is 9.71. The Morgan fingerprint density at radius 3 is 2.50 bits per heavy atom. The fraction of sp³-hybridized carbons (Fsp3) is 0.750. The van der Waals surface area contributed by atoms with Gasteiger partial charge in [-0.2, -0.15) is 0 Å². The van der Waals surface area contributed by atoms with E-state index in [1.807, 2.05) is 6.92 Å². The van der Waals surface area contributed by atoms with Crippen molar-refractivity contribution >= 4 is 5.78 Å². The maximum absolute atomic E-state index is 10.6. The number of hydrogen-bond donors (Lipinski definition) is 1. The lowest BCUT2D eigenvalue weighted by Crippen LogP contribution is -1.97. The van der Waals surface area contributed by atoms with E-state index in [1.165, 1.54) is 0 Å². The van der Waals surface area contributed by atoms with Crippen LogP contribution in [-0.2, 0) is 4.79 Å². The van der Waals surface area contributed by atoms with Crippen molar-refractivity contribution in [1.82, 2.24) is 0 Å². The van der Waals surface area contributed by atoms with Crippen LogP contribution < -0.4 is 0 Å². The third-order valence-electron chi connectivity index (χ3n) is 2.07. The van der Waals surface area contributed by atoms with Gasteiger partial charge >= 0.3 is 0 Å². The molecule has 0 spiro atoms. The summed E-state index contributed by atoms with van der Waals surface area (Å²) >= 11 is 0. The second-order valence-corrected chi connectivity index (χ2v) is 3.85. The summed E-state index contributed by atoms with van der Waals surface area (Å²) < 4.78 is 0. The average molecular weight is 198 g/mol. The monoisotopic (exact) mass is 198 g/mol. The SMILES string of the molecule is CC(=O)CCC=CCCCC[C@H](C)O. The Kier molecular flexibility index (Phi) is 8.54. The van der Waals surface area contributed by atoms with E-state index in [4.69, 9.17) is 5.11 Å². The molecular formula is C12H22O2. The fourth-order valence-corrected chi connectivity index (χ4v) is 1.22. The quantitative estimate of drug-likeness (QED) is 0.481. The van der Waals surface area contributed by atoms with Crippen LogP contribution in [0.1, 0.15) is 52.4 Å². The van der Waals surface area contributed by atoms with Crippen molar-refractivity contribution < 1.29 is 9.90 Å². The summed E-state index contributed by atoms with van der Waals surface area (Å²) in [6.45, 7) is 3.44. The smallest absolute Gasteiger partial charge is 0.130 e. The van der Waals surface area contributed by atoms with Crippen LogP contribution in [0.15, 0.2) is 12.2 Å². The molecule has 2 nitrogen and oxygen atoms in total. The molecule has 0 radical (unpaired) electrons. The first kappa shape index (κ1) is 13.4. The molecule has 0 aromatic rings. The largest absolute Gasteiger partial charge is 0.393 e. The van der Waals surface area contributed by atoms with Crippen LogP contribution in [0.5, 0.6) is 0 Å². The Morgan fingerprint density at radius 1 is 1.29 bits per heavy atom. The molecule has 2 heteroatoms. The number of unbranched alkanes of at least 4 members (excludes halogenated alkanes) is 2. The number of aliphatic hydroxyl groups is 1. The topological polar surface area (TPSA) is 37.3 Å².